The first-order chi connectivity index (χ1) is 8.22. The van der Waals surface area contributed by atoms with Crippen molar-refractivity contribution in [1.82, 2.24) is 14.7 Å². The van der Waals surface area contributed by atoms with Crippen LogP contribution >= 0.6 is 15.9 Å². The van der Waals surface area contributed by atoms with Crippen LogP contribution in [0.2, 0.25) is 0 Å². The molecule has 0 radical (unpaired) electrons. The number of alkyl halides is 1. The third kappa shape index (κ3) is 3.30. The quantitative estimate of drug-likeness (QED) is 0.795. The molecule has 1 saturated heterocycles. The van der Waals surface area contributed by atoms with E-state index in [-0.39, 0.29) is 0 Å². The van der Waals surface area contributed by atoms with Gasteiger partial charge in [0.1, 0.15) is 0 Å². The highest BCUT2D eigenvalue weighted by Crippen LogP contribution is 2.13. The molecule has 1 unspecified atom stereocenters. The van der Waals surface area contributed by atoms with E-state index < -0.39 is 0 Å². The summed E-state index contributed by atoms with van der Waals surface area (Å²) in [5.41, 5.74) is 2.41. The van der Waals surface area contributed by atoms with E-state index >= 15 is 0 Å². The zero-order valence-electron chi connectivity index (χ0n) is 10.5. The van der Waals surface area contributed by atoms with Gasteiger partial charge in [-0.15, -0.1) is 0 Å². The van der Waals surface area contributed by atoms with Crippen LogP contribution < -0.4 is 0 Å². The summed E-state index contributed by atoms with van der Waals surface area (Å²) in [5, 5.41) is 5.40. The normalized spacial score (nSPS) is 21.9. The van der Waals surface area contributed by atoms with E-state index in [2.05, 4.69) is 50.5 Å². The van der Waals surface area contributed by atoms with Gasteiger partial charge >= 0.3 is 0 Å². The van der Waals surface area contributed by atoms with Crippen molar-refractivity contribution >= 4 is 15.9 Å². The van der Waals surface area contributed by atoms with Gasteiger partial charge in [-0.25, -0.2) is 0 Å². The minimum Gasteiger partial charge on any atom is -0.375 e. The molecule has 1 aliphatic heterocycles. The largest absolute Gasteiger partial charge is 0.375 e. The fourth-order valence-electron chi connectivity index (χ4n) is 2.25. The van der Waals surface area contributed by atoms with Crippen molar-refractivity contribution in [3.05, 3.63) is 17.5 Å². The molecule has 0 N–H and O–H groups in total. The molecule has 0 aliphatic carbocycles. The van der Waals surface area contributed by atoms with Gasteiger partial charge in [0, 0.05) is 31.5 Å². The van der Waals surface area contributed by atoms with Crippen LogP contribution in [0.5, 0.6) is 0 Å². The number of halogens is 1. The summed E-state index contributed by atoms with van der Waals surface area (Å²) in [5.74, 6) is 0. The van der Waals surface area contributed by atoms with E-state index in [9.17, 15) is 0 Å². The number of rotatable bonds is 4. The van der Waals surface area contributed by atoms with Crippen LogP contribution in [0.4, 0.5) is 0 Å². The molecule has 1 atom stereocenters. The molecular weight excluding hydrogens is 282 g/mol. The zero-order chi connectivity index (χ0) is 12.3. The highest BCUT2D eigenvalue weighted by Gasteiger charge is 2.20. The Hall–Kier alpha value is -0.390. The minimum atomic E-state index is 0.322. The standard InChI is InChI=1S/C12H20BrN3O/c1-3-16-11(6-10(2)14-16)8-15-4-5-17-12(7-13)9-15/h6,12H,3-5,7-9H2,1-2H3. The molecular formula is C12H20BrN3O. The summed E-state index contributed by atoms with van der Waals surface area (Å²) in [7, 11) is 0. The van der Waals surface area contributed by atoms with E-state index in [4.69, 9.17) is 4.74 Å². The van der Waals surface area contributed by atoms with Crippen molar-refractivity contribution in [2.45, 2.75) is 33.0 Å². The molecule has 0 saturated carbocycles. The first-order valence-electron chi connectivity index (χ1n) is 6.16. The Morgan fingerprint density at radius 3 is 3.12 bits per heavy atom. The van der Waals surface area contributed by atoms with Crippen molar-refractivity contribution in [3.63, 3.8) is 0 Å². The molecule has 1 aliphatic rings. The summed E-state index contributed by atoms with van der Waals surface area (Å²) in [6, 6.07) is 2.18. The summed E-state index contributed by atoms with van der Waals surface area (Å²) in [6.07, 6.45) is 0.322. The Kier molecular flexibility index (Phi) is 4.59. The Morgan fingerprint density at radius 1 is 1.59 bits per heavy atom. The van der Waals surface area contributed by atoms with Crippen LogP contribution in [-0.2, 0) is 17.8 Å². The molecule has 0 amide bonds. The SMILES string of the molecule is CCn1nc(C)cc1CN1CCOC(CBr)C1. The second kappa shape index (κ2) is 5.98. The third-order valence-electron chi connectivity index (χ3n) is 3.07. The van der Waals surface area contributed by atoms with Gasteiger partial charge in [0.15, 0.2) is 0 Å². The molecule has 2 rings (SSSR count). The Labute approximate surface area is 111 Å². The van der Waals surface area contributed by atoms with Gasteiger partial charge < -0.3 is 4.74 Å². The van der Waals surface area contributed by atoms with Crippen LogP contribution in [0.3, 0.4) is 0 Å². The fourth-order valence-corrected chi connectivity index (χ4v) is 2.64. The van der Waals surface area contributed by atoms with Gasteiger partial charge in [0.25, 0.3) is 0 Å². The van der Waals surface area contributed by atoms with Gasteiger partial charge in [-0.1, -0.05) is 15.9 Å². The molecule has 96 valence electrons. The summed E-state index contributed by atoms with van der Waals surface area (Å²) in [6.45, 7) is 8.94. The molecule has 17 heavy (non-hydrogen) atoms. The van der Waals surface area contributed by atoms with Crippen molar-refractivity contribution in [2.75, 3.05) is 25.0 Å². The molecule has 1 aromatic rings. The van der Waals surface area contributed by atoms with Gasteiger partial charge in [-0.3, -0.25) is 9.58 Å². The number of nitrogens with zero attached hydrogens (tertiary/aromatic N) is 3. The first kappa shape index (κ1) is 13.1. The van der Waals surface area contributed by atoms with Crippen molar-refractivity contribution in [3.8, 4) is 0 Å². The van der Waals surface area contributed by atoms with Crippen LogP contribution in [0.25, 0.3) is 0 Å². The summed E-state index contributed by atoms with van der Waals surface area (Å²) >= 11 is 3.49. The monoisotopic (exact) mass is 301 g/mol. The minimum absolute atomic E-state index is 0.322. The Bertz CT molecular complexity index is 367. The molecule has 0 aromatic carbocycles. The highest BCUT2D eigenvalue weighted by atomic mass is 79.9. The zero-order valence-corrected chi connectivity index (χ0v) is 12.1. The van der Waals surface area contributed by atoms with Crippen molar-refractivity contribution < 1.29 is 4.74 Å². The summed E-state index contributed by atoms with van der Waals surface area (Å²) < 4.78 is 7.74. The van der Waals surface area contributed by atoms with E-state index in [0.717, 1.165) is 43.8 Å². The fraction of sp³-hybridized carbons (Fsp3) is 0.750. The predicted molar refractivity (Wildman–Crippen MR) is 71.4 cm³/mol. The number of morpholine rings is 1. The Balaban J connectivity index is 1.99. The lowest BCUT2D eigenvalue weighted by Crippen LogP contribution is -2.42. The lowest BCUT2D eigenvalue weighted by molar-refractivity contribution is -0.0189. The van der Waals surface area contributed by atoms with Crippen LogP contribution in [0, 0.1) is 6.92 Å². The van der Waals surface area contributed by atoms with Gasteiger partial charge in [-0.2, -0.15) is 5.10 Å². The number of hydrogen-bond acceptors (Lipinski definition) is 3. The maximum Gasteiger partial charge on any atom is 0.0799 e. The maximum atomic E-state index is 5.65. The lowest BCUT2D eigenvalue weighted by atomic mass is 10.2. The van der Waals surface area contributed by atoms with Crippen molar-refractivity contribution in [2.24, 2.45) is 0 Å². The molecule has 4 nitrogen and oxygen atoms in total. The molecule has 5 heteroatoms. The third-order valence-corrected chi connectivity index (χ3v) is 3.79. The van der Waals surface area contributed by atoms with Crippen LogP contribution in [0.15, 0.2) is 6.07 Å². The van der Waals surface area contributed by atoms with Gasteiger partial charge in [0.2, 0.25) is 0 Å². The van der Waals surface area contributed by atoms with E-state index in [1.54, 1.807) is 0 Å². The van der Waals surface area contributed by atoms with Crippen LogP contribution in [0.1, 0.15) is 18.3 Å². The average Bonchev–Trinajstić information content (AvgIpc) is 2.69. The lowest BCUT2D eigenvalue weighted by Gasteiger charge is -2.32. The average molecular weight is 302 g/mol. The molecule has 2 heterocycles. The molecule has 0 bridgehead atoms. The van der Waals surface area contributed by atoms with Crippen molar-refractivity contribution in [1.29, 1.82) is 0 Å². The molecule has 1 fully saturated rings. The predicted octanol–water partition coefficient (Wildman–Crippen LogP) is 1.81. The van der Waals surface area contributed by atoms with E-state index in [1.165, 1.54) is 5.69 Å². The number of hydrogen-bond donors (Lipinski definition) is 0. The second-order valence-electron chi connectivity index (χ2n) is 4.48. The van der Waals surface area contributed by atoms with Crippen LogP contribution in [-0.4, -0.2) is 45.8 Å². The van der Waals surface area contributed by atoms with Gasteiger partial charge in [-0.05, 0) is 19.9 Å². The number of ether oxygens (including phenoxy) is 1. The summed E-state index contributed by atoms with van der Waals surface area (Å²) in [4.78, 5) is 2.44. The second-order valence-corrected chi connectivity index (χ2v) is 5.12. The van der Waals surface area contributed by atoms with E-state index in [1.807, 2.05) is 0 Å². The topological polar surface area (TPSA) is 30.3 Å². The number of aromatic nitrogens is 2. The van der Waals surface area contributed by atoms with E-state index in [0.29, 0.717) is 6.10 Å². The first-order valence-corrected chi connectivity index (χ1v) is 7.28. The number of aryl methyl sites for hydroxylation is 2. The maximum absolute atomic E-state index is 5.65. The molecule has 1 aromatic heterocycles. The molecule has 0 spiro atoms. The Morgan fingerprint density at radius 2 is 2.41 bits per heavy atom. The smallest absolute Gasteiger partial charge is 0.0799 e. The van der Waals surface area contributed by atoms with Gasteiger partial charge in [0.05, 0.1) is 24.1 Å². The highest BCUT2D eigenvalue weighted by molar-refractivity contribution is 9.09.